The Labute approximate surface area is 104 Å². The highest BCUT2D eigenvalue weighted by atomic mass is 16.5. The van der Waals surface area contributed by atoms with E-state index in [4.69, 9.17) is 9.84 Å². The van der Waals surface area contributed by atoms with E-state index in [9.17, 15) is 0 Å². The maximum absolute atomic E-state index is 8.77. The Morgan fingerprint density at radius 1 is 1.24 bits per heavy atom. The van der Waals surface area contributed by atoms with Gasteiger partial charge in [-0.05, 0) is 18.9 Å². The molecule has 1 unspecified atom stereocenters. The first-order chi connectivity index (χ1) is 8.15. The highest BCUT2D eigenvalue weighted by molar-refractivity contribution is 5.33. The Morgan fingerprint density at radius 3 is 2.59 bits per heavy atom. The van der Waals surface area contributed by atoms with Gasteiger partial charge in [-0.15, -0.1) is 0 Å². The summed E-state index contributed by atoms with van der Waals surface area (Å²) in [6.45, 7) is 7.77. The average Bonchev–Trinajstić information content (AvgIpc) is 2.34. The zero-order chi connectivity index (χ0) is 12.7. The fraction of sp³-hybridized carbons (Fsp3) is 0.571. The molecule has 0 aliphatic heterocycles. The molecule has 2 N–H and O–H groups in total. The lowest BCUT2D eigenvalue weighted by molar-refractivity contribution is 0.200. The van der Waals surface area contributed by atoms with Crippen LogP contribution in [0.4, 0.5) is 0 Å². The van der Waals surface area contributed by atoms with Crippen molar-refractivity contribution in [2.24, 2.45) is 5.92 Å². The van der Waals surface area contributed by atoms with Crippen molar-refractivity contribution in [1.29, 1.82) is 0 Å². The number of hydrogen-bond acceptors (Lipinski definition) is 3. The topological polar surface area (TPSA) is 41.5 Å². The highest BCUT2D eigenvalue weighted by Gasteiger charge is 2.08. The molecule has 3 nitrogen and oxygen atoms in total. The third-order valence-corrected chi connectivity index (χ3v) is 2.94. The molecule has 3 heteroatoms. The van der Waals surface area contributed by atoms with Gasteiger partial charge in [0.15, 0.2) is 0 Å². The number of rotatable bonds is 7. The lowest BCUT2D eigenvalue weighted by Gasteiger charge is -2.18. The van der Waals surface area contributed by atoms with Gasteiger partial charge in [0, 0.05) is 18.2 Å². The summed E-state index contributed by atoms with van der Waals surface area (Å²) in [4.78, 5) is 0. The van der Waals surface area contributed by atoms with Crippen molar-refractivity contribution in [2.45, 2.75) is 33.4 Å². The van der Waals surface area contributed by atoms with Gasteiger partial charge in [0.05, 0.1) is 6.61 Å². The minimum absolute atomic E-state index is 0.0458. The van der Waals surface area contributed by atoms with Gasteiger partial charge in [-0.25, -0.2) is 0 Å². The normalized spacial score (nSPS) is 12.8. The van der Waals surface area contributed by atoms with Gasteiger partial charge >= 0.3 is 0 Å². The first kappa shape index (κ1) is 14.0. The summed E-state index contributed by atoms with van der Waals surface area (Å²) in [5.41, 5.74) is 1.13. The van der Waals surface area contributed by atoms with Gasteiger partial charge in [-0.3, -0.25) is 0 Å². The molecule has 96 valence electrons. The van der Waals surface area contributed by atoms with E-state index >= 15 is 0 Å². The molecular formula is C14H23NO2. The molecule has 1 aromatic rings. The van der Waals surface area contributed by atoms with E-state index in [1.807, 2.05) is 24.3 Å². The molecule has 0 aliphatic carbocycles. The molecule has 0 fully saturated rings. The molecule has 1 atom stereocenters. The first-order valence-corrected chi connectivity index (χ1v) is 6.20. The van der Waals surface area contributed by atoms with E-state index in [0.717, 1.165) is 17.9 Å². The first-order valence-electron chi connectivity index (χ1n) is 6.20. The minimum atomic E-state index is 0.0458. The molecule has 0 saturated carbocycles. The van der Waals surface area contributed by atoms with Crippen LogP contribution in [0, 0.1) is 5.92 Å². The smallest absolute Gasteiger partial charge is 0.123 e. The number of ether oxygens (including phenoxy) is 1. The van der Waals surface area contributed by atoms with E-state index in [1.54, 1.807) is 0 Å². The van der Waals surface area contributed by atoms with Gasteiger partial charge in [0.2, 0.25) is 0 Å². The van der Waals surface area contributed by atoms with Gasteiger partial charge in [-0.1, -0.05) is 32.0 Å². The second-order valence-electron chi connectivity index (χ2n) is 4.59. The minimum Gasteiger partial charge on any atom is -0.491 e. The predicted octanol–water partition coefficient (Wildman–Crippen LogP) is 2.19. The van der Waals surface area contributed by atoms with Crippen molar-refractivity contribution >= 4 is 0 Å². The van der Waals surface area contributed by atoms with Gasteiger partial charge < -0.3 is 15.2 Å². The second-order valence-corrected chi connectivity index (χ2v) is 4.59. The summed E-state index contributed by atoms with van der Waals surface area (Å²) in [6.07, 6.45) is 0. The highest BCUT2D eigenvalue weighted by Crippen LogP contribution is 2.18. The van der Waals surface area contributed by atoms with Crippen LogP contribution in [0.5, 0.6) is 5.75 Å². The quantitative estimate of drug-likeness (QED) is 0.764. The Kier molecular flexibility index (Phi) is 6.01. The molecule has 1 aromatic carbocycles. The van der Waals surface area contributed by atoms with Crippen LogP contribution in [0.25, 0.3) is 0 Å². The second kappa shape index (κ2) is 7.30. The van der Waals surface area contributed by atoms with Crippen LogP contribution >= 0.6 is 0 Å². The number of para-hydroxylation sites is 1. The van der Waals surface area contributed by atoms with Crippen LogP contribution in [0.3, 0.4) is 0 Å². The zero-order valence-corrected chi connectivity index (χ0v) is 10.9. The van der Waals surface area contributed by atoms with Crippen LogP contribution in [0.1, 0.15) is 26.3 Å². The third kappa shape index (κ3) is 4.75. The summed E-state index contributed by atoms with van der Waals surface area (Å²) in [5.74, 6) is 1.46. The van der Waals surface area contributed by atoms with Crippen molar-refractivity contribution in [3.05, 3.63) is 29.8 Å². The fourth-order valence-corrected chi connectivity index (χ4v) is 1.45. The maximum Gasteiger partial charge on any atom is 0.123 e. The zero-order valence-electron chi connectivity index (χ0n) is 10.9. The molecule has 0 saturated heterocycles. The van der Waals surface area contributed by atoms with Crippen LogP contribution < -0.4 is 10.1 Å². The van der Waals surface area contributed by atoms with Crippen molar-refractivity contribution in [2.75, 3.05) is 13.2 Å². The Balaban J connectivity index is 2.57. The Morgan fingerprint density at radius 2 is 1.94 bits per heavy atom. The fourth-order valence-electron chi connectivity index (χ4n) is 1.45. The number of aliphatic hydroxyl groups is 1. The molecule has 0 radical (unpaired) electrons. The largest absolute Gasteiger partial charge is 0.491 e. The predicted molar refractivity (Wildman–Crippen MR) is 70.2 cm³/mol. The standard InChI is InChI=1S/C14H23NO2/c1-11(2)12(3)15-10-13-6-4-5-7-14(13)17-9-8-16/h4-7,11-12,15-16H,8-10H2,1-3H3. The maximum atomic E-state index is 8.77. The van der Waals surface area contributed by atoms with Crippen LogP contribution in [-0.2, 0) is 6.54 Å². The van der Waals surface area contributed by atoms with Crippen molar-refractivity contribution in [3.63, 3.8) is 0 Å². The lowest BCUT2D eigenvalue weighted by Crippen LogP contribution is -2.30. The summed E-state index contributed by atoms with van der Waals surface area (Å²) in [7, 11) is 0. The molecule has 0 bridgehead atoms. The molecule has 17 heavy (non-hydrogen) atoms. The Bertz CT molecular complexity index is 326. The number of nitrogens with one attached hydrogen (secondary N) is 1. The van der Waals surface area contributed by atoms with E-state index < -0.39 is 0 Å². The number of benzene rings is 1. The molecule has 0 aliphatic rings. The lowest BCUT2D eigenvalue weighted by atomic mass is 10.1. The van der Waals surface area contributed by atoms with E-state index in [-0.39, 0.29) is 6.61 Å². The third-order valence-electron chi connectivity index (χ3n) is 2.94. The Hall–Kier alpha value is -1.06. The SMILES string of the molecule is CC(C)C(C)NCc1ccccc1OCCO. The van der Waals surface area contributed by atoms with Crippen LogP contribution in [0.2, 0.25) is 0 Å². The molecule has 0 amide bonds. The molecule has 0 aromatic heterocycles. The average molecular weight is 237 g/mol. The summed E-state index contributed by atoms with van der Waals surface area (Å²) < 4.78 is 5.49. The summed E-state index contributed by atoms with van der Waals surface area (Å²) in [5, 5.41) is 12.2. The van der Waals surface area contributed by atoms with E-state index in [2.05, 4.69) is 26.1 Å². The molecular weight excluding hydrogens is 214 g/mol. The van der Waals surface area contributed by atoms with Gasteiger partial charge in [0.25, 0.3) is 0 Å². The van der Waals surface area contributed by atoms with Crippen molar-refractivity contribution < 1.29 is 9.84 Å². The molecule has 0 spiro atoms. The van der Waals surface area contributed by atoms with E-state index in [0.29, 0.717) is 18.6 Å². The van der Waals surface area contributed by atoms with Crippen molar-refractivity contribution in [1.82, 2.24) is 5.32 Å². The number of hydrogen-bond donors (Lipinski definition) is 2. The summed E-state index contributed by atoms with van der Waals surface area (Å²) in [6, 6.07) is 8.41. The van der Waals surface area contributed by atoms with Gasteiger partial charge in [0.1, 0.15) is 12.4 Å². The van der Waals surface area contributed by atoms with Crippen LogP contribution in [-0.4, -0.2) is 24.4 Å². The monoisotopic (exact) mass is 237 g/mol. The van der Waals surface area contributed by atoms with Crippen LogP contribution in [0.15, 0.2) is 24.3 Å². The van der Waals surface area contributed by atoms with Gasteiger partial charge in [-0.2, -0.15) is 0 Å². The molecule has 0 heterocycles. The molecule has 1 rings (SSSR count). The number of aliphatic hydroxyl groups excluding tert-OH is 1. The summed E-state index contributed by atoms with van der Waals surface area (Å²) >= 11 is 0. The van der Waals surface area contributed by atoms with E-state index in [1.165, 1.54) is 0 Å². The van der Waals surface area contributed by atoms with Crippen molar-refractivity contribution in [3.8, 4) is 5.75 Å².